The predicted octanol–water partition coefficient (Wildman–Crippen LogP) is 3.59. The number of ether oxygens (including phenoxy) is 1. The normalized spacial score (nSPS) is 10.5. The first-order valence-corrected chi connectivity index (χ1v) is 7.10. The molecule has 0 amide bonds. The second-order valence-corrected chi connectivity index (χ2v) is 5.52. The molecule has 1 heterocycles. The third kappa shape index (κ3) is 3.56. The molecule has 2 rings (SSSR count). The Kier molecular flexibility index (Phi) is 4.59. The molecular weight excluding hydrogens is 298 g/mol. The molecule has 2 nitrogen and oxygen atoms in total. The van der Waals surface area contributed by atoms with Gasteiger partial charge in [0.15, 0.2) is 0 Å². The molecule has 2 N–H and O–H groups in total. The van der Waals surface area contributed by atoms with Crippen LogP contribution in [0, 0.1) is 0 Å². The van der Waals surface area contributed by atoms with Gasteiger partial charge in [-0.15, -0.1) is 11.3 Å². The molecule has 0 aliphatic heterocycles. The standard InChI is InChI=1S/C13H14BrNOS/c14-13-8-11(4-3-10(13)9-15)16-6-5-12-2-1-7-17-12/h1-4,7-8H,5-6,9,15H2. The minimum atomic E-state index is 0.538. The third-order valence-corrected chi connectivity index (χ3v) is 4.12. The highest BCUT2D eigenvalue weighted by atomic mass is 79.9. The van der Waals surface area contributed by atoms with Crippen molar-refractivity contribution in [3.8, 4) is 5.75 Å². The molecule has 4 heteroatoms. The largest absolute Gasteiger partial charge is 0.493 e. The molecule has 0 atom stereocenters. The number of benzene rings is 1. The fourth-order valence-electron chi connectivity index (χ4n) is 1.51. The zero-order valence-corrected chi connectivity index (χ0v) is 11.8. The Morgan fingerprint density at radius 1 is 1.29 bits per heavy atom. The highest BCUT2D eigenvalue weighted by Crippen LogP contribution is 2.23. The lowest BCUT2D eigenvalue weighted by Crippen LogP contribution is -2.01. The molecule has 0 fully saturated rings. The topological polar surface area (TPSA) is 35.2 Å². The molecule has 1 aromatic carbocycles. The van der Waals surface area contributed by atoms with Gasteiger partial charge >= 0.3 is 0 Å². The molecule has 0 saturated carbocycles. The van der Waals surface area contributed by atoms with Crippen LogP contribution < -0.4 is 10.5 Å². The maximum absolute atomic E-state index is 5.70. The average molecular weight is 312 g/mol. The van der Waals surface area contributed by atoms with Crippen molar-refractivity contribution in [3.05, 3.63) is 50.6 Å². The van der Waals surface area contributed by atoms with E-state index in [4.69, 9.17) is 10.5 Å². The average Bonchev–Trinajstić information content (AvgIpc) is 2.82. The summed E-state index contributed by atoms with van der Waals surface area (Å²) in [5, 5.41) is 2.09. The van der Waals surface area contributed by atoms with E-state index in [0.717, 1.165) is 22.2 Å². The Bertz CT molecular complexity index is 470. The first-order valence-electron chi connectivity index (χ1n) is 5.43. The van der Waals surface area contributed by atoms with Crippen LogP contribution in [0.15, 0.2) is 40.2 Å². The molecule has 90 valence electrons. The van der Waals surface area contributed by atoms with Crippen molar-refractivity contribution in [2.45, 2.75) is 13.0 Å². The minimum absolute atomic E-state index is 0.538. The van der Waals surface area contributed by atoms with Crippen molar-refractivity contribution < 1.29 is 4.74 Å². The summed E-state index contributed by atoms with van der Waals surface area (Å²) in [4.78, 5) is 1.35. The lowest BCUT2D eigenvalue weighted by Gasteiger charge is -2.07. The molecule has 2 aromatic rings. The van der Waals surface area contributed by atoms with Gasteiger partial charge in [-0.3, -0.25) is 0 Å². The van der Waals surface area contributed by atoms with Crippen molar-refractivity contribution in [3.63, 3.8) is 0 Å². The van der Waals surface area contributed by atoms with Crippen molar-refractivity contribution in [1.29, 1.82) is 0 Å². The van der Waals surface area contributed by atoms with Gasteiger partial charge in [-0.05, 0) is 29.1 Å². The lowest BCUT2D eigenvalue weighted by atomic mass is 10.2. The molecular formula is C13H14BrNOS. The second-order valence-electron chi connectivity index (χ2n) is 3.64. The highest BCUT2D eigenvalue weighted by molar-refractivity contribution is 9.10. The van der Waals surface area contributed by atoms with Crippen molar-refractivity contribution in [2.75, 3.05) is 6.61 Å². The van der Waals surface area contributed by atoms with E-state index in [1.807, 2.05) is 18.2 Å². The summed E-state index contributed by atoms with van der Waals surface area (Å²) in [7, 11) is 0. The van der Waals surface area contributed by atoms with Crippen LogP contribution in [-0.2, 0) is 13.0 Å². The molecule has 17 heavy (non-hydrogen) atoms. The second kappa shape index (κ2) is 6.19. The van der Waals surface area contributed by atoms with E-state index in [2.05, 4.69) is 33.4 Å². The molecule has 0 radical (unpaired) electrons. The van der Waals surface area contributed by atoms with Crippen LogP contribution >= 0.6 is 27.3 Å². The van der Waals surface area contributed by atoms with Crippen LogP contribution in [0.25, 0.3) is 0 Å². The van der Waals surface area contributed by atoms with Crippen molar-refractivity contribution >= 4 is 27.3 Å². The van der Waals surface area contributed by atoms with Gasteiger partial charge in [0, 0.05) is 22.3 Å². The van der Waals surface area contributed by atoms with Gasteiger partial charge in [-0.1, -0.05) is 28.1 Å². The quantitative estimate of drug-likeness (QED) is 0.916. The van der Waals surface area contributed by atoms with E-state index in [1.54, 1.807) is 11.3 Å². The van der Waals surface area contributed by atoms with Gasteiger partial charge < -0.3 is 10.5 Å². The van der Waals surface area contributed by atoms with E-state index in [0.29, 0.717) is 13.2 Å². The number of nitrogens with two attached hydrogens (primary N) is 1. The maximum atomic E-state index is 5.70. The van der Waals surface area contributed by atoms with Crippen LogP contribution in [0.1, 0.15) is 10.4 Å². The van der Waals surface area contributed by atoms with E-state index >= 15 is 0 Å². The van der Waals surface area contributed by atoms with E-state index in [1.165, 1.54) is 4.88 Å². The van der Waals surface area contributed by atoms with Gasteiger partial charge in [-0.2, -0.15) is 0 Å². The summed E-state index contributed by atoms with van der Waals surface area (Å²) >= 11 is 5.24. The number of rotatable bonds is 5. The van der Waals surface area contributed by atoms with Gasteiger partial charge in [0.2, 0.25) is 0 Å². The third-order valence-electron chi connectivity index (χ3n) is 2.44. The van der Waals surface area contributed by atoms with Crippen LogP contribution in [-0.4, -0.2) is 6.61 Å². The minimum Gasteiger partial charge on any atom is -0.493 e. The van der Waals surface area contributed by atoms with Gasteiger partial charge in [0.05, 0.1) is 6.61 Å². The Morgan fingerprint density at radius 2 is 2.18 bits per heavy atom. The molecule has 0 aliphatic carbocycles. The number of thiophene rings is 1. The molecule has 0 bridgehead atoms. The SMILES string of the molecule is NCc1ccc(OCCc2cccs2)cc1Br. The summed E-state index contributed by atoms with van der Waals surface area (Å²) in [6, 6.07) is 10.1. The summed E-state index contributed by atoms with van der Waals surface area (Å²) in [5.74, 6) is 0.880. The van der Waals surface area contributed by atoms with Crippen LogP contribution in [0.5, 0.6) is 5.75 Å². The highest BCUT2D eigenvalue weighted by Gasteiger charge is 2.01. The number of hydrogen-bond acceptors (Lipinski definition) is 3. The van der Waals surface area contributed by atoms with Crippen molar-refractivity contribution in [1.82, 2.24) is 0 Å². The summed E-state index contributed by atoms with van der Waals surface area (Å²) in [5.41, 5.74) is 6.69. The zero-order chi connectivity index (χ0) is 12.1. The molecule has 0 aliphatic rings. The molecule has 1 aromatic heterocycles. The first-order chi connectivity index (χ1) is 8.29. The fraction of sp³-hybridized carbons (Fsp3) is 0.231. The molecule has 0 saturated heterocycles. The van der Waals surface area contributed by atoms with E-state index in [-0.39, 0.29) is 0 Å². The van der Waals surface area contributed by atoms with Crippen molar-refractivity contribution in [2.24, 2.45) is 5.73 Å². The maximum Gasteiger partial charge on any atom is 0.120 e. The van der Waals surface area contributed by atoms with E-state index < -0.39 is 0 Å². The van der Waals surface area contributed by atoms with Gasteiger partial charge in [-0.25, -0.2) is 0 Å². The predicted molar refractivity (Wildman–Crippen MR) is 75.6 cm³/mol. The van der Waals surface area contributed by atoms with Gasteiger partial charge in [0.1, 0.15) is 5.75 Å². The van der Waals surface area contributed by atoms with Gasteiger partial charge in [0.25, 0.3) is 0 Å². The Labute approximate surface area is 114 Å². The monoisotopic (exact) mass is 311 g/mol. The Hall–Kier alpha value is -0.840. The van der Waals surface area contributed by atoms with Crippen LogP contribution in [0.3, 0.4) is 0 Å². The molecule has 0 unspecified atom stereocenters. The number of halogens is 1. The summed E-state index contributed by atoms with van der Waals surface area (Å²) < 4.78 is 6.70. The smallest absolute Gasteiger partial charge is 0.120 e. The summed E-state index contributed by atoms with van der Waals surface area (Å²) in [6.45, 7) is 1.24. The van der Waals surface area contributed by atoms with Crippen LogP contribution in [0.4, 0.5) is 0 Å². The number of hydrogen-bond donors (Lipinski definition) is 1. The Morgan fingerprint density at radius 3 is 2.82 bits per heavy atom. The zero-order valence-electron chi connectivity index (χ0n) is 9.36. The molecule has 0 spiro atoms. The van der Waals surface area contributed by atoms with Crippen LogP contribution in [0.2, 0.25) is 0 Å². The Balaban J connectivity index is 1.89. The lowest BCUT2D eigenvalue weighted by molar-refractivity contribution is 0.322. The fourth-order valence-corrected chi connectivity index (χ4v) is 2.72. The van der Waals surface area contributed by atoms with E-state index in [9.17, 15) is 0 Å². The summed E-state index contributed by atoms with van der Waals surface area (Å²) in [6.07, 6.45) is 0.952. The first kappa shape index (κ1) is 12.6.